The lowest BCUT2D eigenvalue weighted by Crippen LogP contribution is -2.10. The average molecular weight is 285 g/mol. The molecule has 0 amide bonds. The Morgan fingerprint density at radius 1 is 1.10 bits per heavy atom. The number of nitro benzene ring substituents is 1. The first-order valence-corrected chi connectivity index (χ1v) is 6.76. The van der Waals surface area contributed by atoms with Crippen molar-refractivity contribution in [2.75, 3.05) is 19.4 Å². The number of para-hydroxylation sites is 1. The lowest BCUT2D eigenvalue weighted by Gasteiger charge is -2.11. The smallest absolute Gasteiger partial charge is 0.274 e. The third kappa shape index (κ3) is 4.29. The van der Waals surface area contributed by atoms with Crippen LogP contribution in [0.4, 0.5) is 11.4 Å². The fourth-order valence-electron chi connectivity index (χ4n) is 2.13. The fraction of sp³-hybridized carbons (Fsp3) is 0.250. The summed E-state index contributed by atoms with van der Waals surface area (Å²) in [5.41, 5.74) is 3.01. The van der Waals surface area contributed by atoms with E-state index in [1.807, 2.05) is 32.3 Å². The summed E-state index contributed by atoms with van der Waals surface area (Å²) in [6, 6.07) is 14.9. The Bertz CT molecular complexity index is 609. The predicted octanol–water partition coefficient (Wildman–Crippen LogP) is 3.27. The van der Waals surface area contributed by atoms with Gasteiger partial charge in [0.1, 0.15) is 0 Å². The van der Waals surface area contributed by atoms with E-state index in [1.54, 1.807) is 12.1 Å². The van der Waals surface area contributed by atoms with Gasteiger partial charge >= 0.3 is 0 Å². The minimum atomic E-state index is -0.350. The number of benzene rings is 2. The van der Waals surface area contributed by atoms with Gasteiger partial charge in [-0.3, -0.25) is 10.1 Å². The molecule has 0 aliphatic rings. The summed E-state index contributed by atoms with van der Waals surface area (Å²) >= 11 is 0. The van der Waals surface area contributed by atoms with Crippen molar-refractivity contribution in [1.29, 1.82) is 0 Å². The maximum Gasteiger partial charge on any atom is 0.274 e. The number of nitrogens with zero attached hydrogens (tertiary/aromatic N) is 2. The van der Waals surface area contributed by atoms with Gasteiger partial charge < -0.3 is 10.2 Å². The van der Waals surface area contributed by atoms with E-state index in [1.165, 1.54) is 11.6 Å². The van der Waals surface area contributed by atoms with E-state index in [-0.39, 0.29) is 10.6 Å². The van der Waals surface area contributed by atoms with Gasteiger partial charge in [-0.1, -0.05) is 30.3 Å². The monoisotopic (exact) mass is 285 g/mol. The van der Waals surface area contributed by atoms with Gasteiger partial charge in [0.2, 0.25) is 0 Å². The van der Waals surface area contributed by atoms with Gasteiger partial charge in [0, 0.05) is 30.4 Å². The number of nitrogens with one attached hydrogen (secondary N) is 1. The molecule has 0 aromatic heterocycles. The van der Waals surface area contributed by atoms with Crippen LogP contribution in [-0.2, 0) is 13.1 Å². The molecule has 0 saturated heterocycles. The topological polar surface area (TPSA) is 58.4 Å². The first kappa shape index (κ1) is 15.0. The van der Waals surface area contributed by atoms with E-state index in [9.17, 15) is 10.1 Å². The van der Waals surface area contributed by atoms with Crippen molar-refractivity contribution in [3.05, 3.63) is 69.8 Å². The maximum absolute atomic E-state index is 11.0. The molecule has 0 heterocycles. The van der Waals surface area contributed by atoms with E-state index < -0.39 is 0 Å². The van der Waals surface area contributed by atoms with Crippen molar-refractivity contribution in [2.24, 2.45) is 0 Å². The molecule has 0 aliphatic heterocycles. The quantitative estimate of drug-likeness (QED) is 0.653. The second-order valence-corrected chi connectivity index (χ2v) is 5.17. The average Bonchev–Trinajstić information content (AvgIpc) is 2.46. The number of rotatable bonds is 6. The molecule has 0 atom stereocenters. The molecule has 1 N–H and O–H groups in total. The SMILES string of the molecule is CN(C)Cc1ccc(NCc2ccccc2[N+](=O)[O-])cc1. The minimum Gasteiger partial charge on any atom is -0.381 e. The van der Waals surface area contributed by atoms with Gasteiger partial charge in [-0.2, -0.15) is 0 Å². The van der Waals surface area contributed by atoms with Crippen LogP contribution < -0.4 is 5.32 Å². The van der Waals surface area contributed by atoms with Gasteiger partial charge in [0.25, 0.3) is 5.69 Å². The van der Waals surface area contributed by atoms with Crippen LogP contribution in [0.1, 0.15) is 11.1 Å². The van der Waals surface area contributed by atoms with E-state index in [2.05, 4.69) is 22.3 Å². The molecule has 0 aliphatic carbocycles. The van der Waals surface area contributed by atoms with Gasteiger partial charge in [-0.05, 0) is 31.8 Å². The molecule has 0 saturated carbocycles. The Hall–Kier alpha value is -2.40. The van der Waals surface area contributed by atoms with Crippen molar-refractivity contribution in [2.45, 2.75) is 13.1 Å². The Morgan fingerprint density at radius 3 is 2.38 bits per heavy atom. The third-order valence-electron chi connectivity index (χ3n) is 3.12. The lowest BCUT2D eigenvalue weighted by atomic mass is 10.1. The molecular formula is C16H19N3O2. The Balaban J connectivity index is 2.02. The van der Waals surface area contributed by atoms with E-state index in [0.29, 0.717) is 12.1 Å². The van der Waals surface area contributed by atoms with Crippen LogP contribution in [0.15, 0.2) is 48.5 Å². The Labute approximate surface area is 124 Å². The van der Waals surface area contributed by atoms with Gasteiger partial charge in [-0.25, -0.2) is 0 Å². The predicted molar refractivity (Wildman–Crippen MR) is 84.3 cm³/mol. The summed E-state index contributed by atoms with van der Waals surface area (Å²) in [6.07, 6.45) is 0. The molecule has 5 heteroatoms. The summed E-state index contributed by atoms with van der Waals surface area (Å²) in [5.74, 6) is 0. The van der Waals surface area contributed by atoms with Crippen LogP contribution in [0, 0.1) is 10.1 Å². The zero-order valence-electron chi connectivity index (χ0n) is 12.2. The molecule has 2 aromatic carbocycles. The number of hydrogen-bond donors (Lipinski definition) is 1. The van der Waals surface area contributed by atoms with Crippen molar-refractivity contribution in [1.82, 2.24) is 4.90 Å². The first-order valence-electron chi connectivity index (χ1n) is 6.76. The number of nitro groups is 1. The van der Waals surface area contributed by atoms with Gasteiger partial charge in [0.05, 0.1) is 4.92 Å². The highest BCUT2D eigenvalue weighted by Crippen LogP contribution is 2.19. The molecule has 0 fully saturated rings. The summed E-state index contributed by atoms with van der Waals surface area (Å²) in [4.78, 5) is 12.7. The highest BCUT2D eigenvalue weighted by molar-refractivity contribution is 5.48. The fourth-order valence-corrected chi connectivity index (χ4v) is 2.13. The molecule has 21 heavy (non-hydrogen) atoms. The Morgan fingerprint density at radius 2 is 1.76 bits per heavy atom. The van der Waals surface area contributed by atoms with Gasteiger partial charge in [0.15, 0.2) is 0 Å². The highest BCUT2D eigenvalue weighted by Gasteiger charge is 2.11. The summed E-state index contributed by atoms with van der Waals surface area (Å²) in [6.45, 7) is 1.33. The molecule has 2 rings (SSSR count). The van der Waals surface area contributed by atoms with Gasteiger partial charge in [-0.15, -0.1) is 0 Å². The minimum absolute atomic E-state index is 0.147. The molecule has 5 nitrogen and oxygen atoms in total. The van der Waals surface area contributed by atoms with Crippen molar-refractivity contribution in [3.63, 3.8) is 0 Å². The Kier molecular flexibility index (Phi) is 4.90. The maximum atomic E-state index is 11.0. The summed E-state index contributed by atoms with van der Waals surface area (Å²) in [5, 5.41) is 14.2. The zero-order valence-corrected chi connectivity index (χ0v) is 12.2. The second kappa shape index (κ2) is 6.85. The summed E-state index contributed by atoms with van der Waals surface area (Å²) < 4.78 is 0. The largest absolute Gasteiger partial charge is 0.381 e. The van der Waals surface area contributed by atoms with Crippen LogP contribution in [0.2, 0.25) is 0 Å². The third-order valence-corrected chi connectivity index (χ3v) is 3.12. The normalized spacial score (nSPS) is 10.6. The molecule has 2 aromatic rings. The zero-order chi connectivity index (χ0) is 15.2. The van der Waals surface area contributed by atoms with Crippen LogP contribution in [-0.4, -0.2) is 23.9 Å². The summed E-state index contributed by atoms with van der Waals surface area (Å²) in [7, 11) is 4.06. The molecule has 110 valence electrons. The van der Waals surface area contributed by atoms with E-state index in [0.717, 1.165) is 12.2 Å². The number of hydrogen-bond acceptors (Lipinski definition) is 4. The highest BCUT2D eigenvalue weighted by atomic mass is 16.6. The van der Waals surface area contributed by atoms with Crippen molar-refractivity contribution < 1.29 is 4.92 Å². The lowest BCUT2D eigenvalue weighted by molar-refractivity contribution is -0.385. The number of anilines is 1. The van der Waals surface area contributed by atoms with Crippen LogP contribution >= 0.6 is 0 Å². The van der Waals surface area contributed by atoms with Crippen LogP contribution in [0.5, 0.6) is 0 Å². The molecule has 0 bridgehead atoms. The molecule has 0 spiro atoms. The standard InChI is InChI=1S/C16H19N3O2/c1-18(2)12-13-7-9-15(10-8-13)17-11-14-5-3-4-6-16(14)19(20)21/h3-10,17H,11-12H2,1-2H3. The van der Waals surface area contributed by atoms with Crippen molar-refractivity contribution in [3.8, 4) is 0 Å². The molecule has 0 unspecified atom stereocenters. The first-order chi connectivity index (χ1) is 10.1. The second-order valence-electron chi connectivity index (χ2n) is 5.17. The van der Waals surface area contributed by atoms with Crippen LogP contribution in [0.3, 0.4) is 0 Å². The molecule has 0 radical (unpaired) electrons. The molecular weight excluding hydrogens is 266 g/mol. The van der Waals surface area contributed by atoms with Crippen LogP contribution in [0.25, 0.3) is 0 Å². The van der Waals surface area contributed by atoms with E-state index in [4.69, 9.17) is 0 Å². The van der Waals surface area contributed by atoms with E-state index >= 15 is 0 Å². The van der Waals surface area contributed by atoms with Crippen molar-refractivity contribution >= 4 is 11.4 Å².